The van der Waals surface area contributed by atoms with Crippen molar-refractivity contribution < 1.29 is 27.8 Å². The highest BCUT2D eigenvalue weighted by Gasteiger charge is 2.50. The molecule has 0 amide bonds. The zero-order chi connectivity index (χ0) is 18.1. The maximum Gasteiger partial charge on any atom is 0.411 e. The van der Waals surface area contributed by atoms with Crippen molar-refractivity contribution in [1.82, 2.24) is 14.7 Å². The van der Waals surface area contributed by atoms with Crippen molar-refractivity contribution in [3.63, 3.8) is 0 Å². The monoisotopic (exact) mass is 363 g/mol. The number of rotatable bonds is 4. The van der Waals surface area contributed by atoms with E-state index < -0.39 is 30.5 Å². The minimum atomic E-state index is -4.42. The molecule has 2 aliphatic rings. The highest BCUT2D eigenvalue weighted by atomic mass is 19.4. The lowest BCUT2D eigenvalue weighted by Crippen LogP contribution is -2.60. The topological polar surface area (TPSA) is 59.8 Å². The molecule has 1 aromatic rings. The van der Waals surface area contributed by atoms with E-state index in [2.05, 4.69) is 10.00 Å². The van der Waals surface area contributed by atoms with Gasteiger partial charge in [0, 0.05) is 31.5 Å². The van der Waals surface area contributed by atoms with Gasteiger partial charge in [-0.1, -0.05) is 0 Å². The van der Waals surface area contributed by atoms with Gasteiger partial charge >= 0.3 is 6.18 Å². The van der Waals surface area contributed by atoms with Gasteiger partial charge in [-0.15, -0.1) is 0 Å². The third-order valence-electron chi connectivity index (χ3n) is 5.04. The molecule has 0 bridgehead atoms. The normalized spacial score (nSPS) is 35.0. The number of morpholine rings is 1. The van der Waals surface area contributed by atoms with Gasteiger partial charge in [-0.2, -0.15) is 18.3 Å². The van der Waals surface area contributed by atoms with E-state index in [4.69, 9.17) is 9.47 Å². The number of nitrogens with zero attached hydrogens (tertiary/aromatic N) is 3. The summed E-state index contributed by atoms with van der Waals surface area (Å²) in [5, 5.41) is 15.0. The fourth-order valence-corrected chi connectivity index (χ4v) is 3.89. The molecule has 4 unspecified atom stereocenters. The summed E-state index contributed by atoms with van der Waals surface area (Å²) in [5.41, 5.74) is -1.20. The van der Waals surface area contributed by atoms with Crippen LogP contribution in [-0.4, -0.2) is 76.6 Å². The molecule has 1 aromatic heterocycles. The van der Waals surface area contributed by atoms with Crippen LogP contribution in [0.3, 0.4) is 0 Å². The maximum atomic E-state index is 12.8. The number of hydrogen-bond acceptors (Lipinski definition) is 5. The zero-order valence-electron chi connectivity index (χ0n) is 14.2. The molecule has 2 heterocycles. The van der Waals surface area contributed by atoms with Gasteiger partial charge in [-0.3, -0.25) is 9.58 Å². The first-order valence-corrected chi connectivity index (χ1v) is 8.49. The van der Waals surface area contributed by atoms with Crippen molar-refractivity contribution in [1.29, 1.82) is 0 Å². The van der Waals surface area contributed by atoms with E-state index in [-0.39, 0.29) is 6.04 Å². The molecule has 1 saturated carbocycles. The lowest BCUT2D eigenvalue weighted by molar-refractivity contribution is -0.218. The van der Waals surface area contributed by atoms with Crippen LogP contribution in [-0.2, 0) is 9.47 Å². The second-order valence-corrected chi connectivity index (χ2v) is 6.93. The Kier molecular flexibility index (Phi) is 5.38. The summed E-state index contributed by atoms with van der Waals surface area (Å²) in [6, 6.07) is 0.780. The van der Waals surface area contributed by atoms with Crippen LogP contribution < -0.4 is 0 Å². The Bertz CT molecular complexity index is 545. The number of halogens is 3. The van der Waals surface area contributed by atoms with Crippen LogP contribution in [0.15, 0.2) is 18.5 Å². The van der Waals surface area contributed by atoms with E-state index in [1.807, 2.05) is 0 Å². The summed E-state index contributed by atoms with van der Waals surface area (Å²) in [6.07, 6.45) is -1.00. The molecule has 1 N–H and O–H groups in total. The summed E-state index contributed by atoms with van der Waals surface area (Å²) >= 11 is 0. The van der Waals surface area contributed by atoms with Crippen molar-refractivity contribution in [3.8, 4) is 0 Å². The van der Waals surface area contributed by atoms with E-state index in [0.29, 0.717) is 39.1 Å². The maximum absolute atomic E-state index is 12.8. The standard InChI is InChI=1S/C16H24F3N3O3/c1-15(23)4-3-12(21-7-9-24-10-8-21)13(25-11-16(17,18)19)14(15)22-6-2-5-20-22/h2,5-6,12-14,23H,3-4,7-11H2,1H3. The molecule has 2 fully saturated rings. The molecule has 0 aromatic carbocycles. The van der Waals surface area contributed by atoms with Crippen LogP contribution in [0.25, 0.3) is 0 Å². The van der Waals surface area contributed by atoms with Crippen LogP contribution in [0, 0.1) is 0 Å². The van der Waals surface area contributed by atoms with Gasteiger partial charge < -0.3 is 14.6 Å². The SMILES string of the molecule is CC1(O)CCC(N2CCOCC2)C(OCC(F)(F)F)C1n1cccn1. The van der Waals surface area contributed by atoms with Crippen molar-refractivity contribution in [3.05, 3.63) is 18.5 Å². The molecule has 3 rings (SSSR count). The summed E-state index contributed by atoms with van der Waals surface area (Å²) in [7, 11) is 0. The molecule has 6 nitrogen and oxygen atoms in total. The third-order valence-corrected chi connectivity index (χ3v) is 5.04. The highest BCUT2D eigenvalue weighted by Crippen LogP contribution is 2.41. The average molecular weight is 363 g/mol. The Morgan fingerprint density at radius 3 is 2.68 bits per heavy atom. The highest BCUT2D eigenvalue weighted by molar-refractivity contribution is 5.04. The van der Waals surface area contributed by atoms with Crippen molar-refractivity contribution >= 4 is 0 Å². The van der Waals surface area contributed by atoms with Crippen molar-refractivity contribution in [2.75, 3.05) is 32.9 Å². The quantitative estimate of drug-likeness (QED) is 0.881. The number of aromatic nitrogens is 2. The van der Waals surface area contributed by atoms with Crippen LogP contribution in [0.5, 0.6) is 0 Å². The van der Waals surface area contributed by atoms with Gasteiger partial charge in [0.05, 0.1) is 24.9 Å². The predicted octanol–water partition coefficient (Wildman–Crippen LogP) is 1.62. The van der Waals surface area contributed by atoms with Gasteiger partial charge in [0.2, 0.25) is 0 Å². The minimum Gasteiger partial charge on any atom is -0.388 e. The van der Waals surface area contributed by atoms with Gasteiger partial charge in [0.1, 0.15) is 12.6 Å². The molecule has 0 spiro atoms. The Morgan fingerprint density at radius 1 is 1.36 bits per heavy atom. The number of hydrogen-bond donors (Lipinski definition) is 1. The summed E-state index contributed by atoms with van der Waals surface area (Å²) in [6.45, 7) is 2.68. The number of ether oxygens (including phenoxy) is 2. The molecule has 9 heteroatoms. The fourth-order valence-electron chi connectivity index (χ4n) is 3.89. The van der Waals surface area contributed by atoms with Gasteiger partial charge in [-0.05, 0) is 25.8 Å². The van der Waals surface area contributed by atoms with E-state index in [1.165, 1.54) is 4.68 Å². The molecule has 1 saturated heterocycles. The van der Waals surface area contributed by atoms with E-state index in [0.717, 1.165) is 0 Å². The summed E-state index contributed by atoms with van der Waals surface area (Å²) in [5.74, 6) is 0. The van der Waals surface area contributed by atoms with Gasteiger partial charge in [0.15, 0.2) is 0 Å². The molecule has 0 radical (unpaired) electrons. The Balaban J connectivity index is 1.89. The first kappa shape index (κ1) is 18.6. The Morgan fingerprint density at radius 2 is 2.08 bits per heavy atom. The van der Waals surface area contributed by atoms with E-state index in [1.54, 1.807) is 25.4 Å². The molecule has 25 heavy (non-hydrogen) atoms. The van der Waals surface area contributed by atoms with Crippen LogP contribution in [0.2, 0.25) is 0 Å². The lowest BCUT2D eigenvalue weighted by atomic mass is 9.76. The minimum absolute atomic E-state index is 0.222. The molecule has 1 aliphatic carbocycles. The number of alkyl halides is 3. The third kappa shape index (κ3) is 4.33. The predicted molar refractivity (Wildman–Crippen MR) is 83.1 cm³/mol. The lowest BCUT2D eigenvalue weighted by Gasteiger charge is -2.50. The zero-order valence-corrected chi connectivity index (χ0v) is 14.2. The second kappa shape index (κ2) is 7.22. The van der Waals surface area contributed by atoms with Crippen LogP contribution >= 0.6 is 0 Å². The fraction of sp³-hybridized carbons (Fsp3) is 0.812. The largest absolute Gasteiger partial charge is 0.411 e. The van der Waals surface area contributed by atoms with E-state index >= 15 is 0 Å². The Labute approximate surface area is 144 Å². The summed E-state index contributed by atoms with van der Waals surface area (Å²) < 4.78 is 50.6. The molecular formula is C16H24F3N3O3. The second-order valence-electron chi connectivity index (χ2n) is 6.93. The van der Waals surface area contributed by atoms with Gasteiger partial charge in [0.25, 0.3) is 0 Å². The van der Waals surface area contributed by atoms with Crippen molar-refractivity contribution in [2.45, 2.75) is 49.7 Å². The number of aliphatic hydroxyl groups is 1. The van der Waals surface area contributed by atoms with Gasteiger partial charge in [-0.25, -0.2) is 0 Å². The van der Waals surface area contributed by atoms with Crippen LogP contribution in [0.4, 0.5) is 13.2 Å². The Hall–Kier alpha value is -1.16. The smallest absolute Gasteiger partial charge is 0.388 e. The van der Waals surface area contributed by atoms with Crippen LogP contribution in [0.1, 0.15) is 25.8 Å². The molecule has 4 atom stereocenters. The summed E-state index contributed by atoms with van der Waals surface area (Å²) in [4.78, 5) is 2.11. The first-order chi connectivity index (χ1) is 11.8. The first-order valence-electron chi connectivity index (χ1n) is 8.49. The average Bonchev–Trinajstić information content (AvgIpc) is 3.06. The van der Waals surface area contributed by atoms with E-state index in [9.17, 15) is 18.3 Å². The van der Waals surface area contributed by atoms with Crippen molar-refractivity contribution in [2.24, 2.45) is 0 Å². The molecular weight excluding hydrogens is 339 g/mol. The molecule has 1 aliphatic heterocycles. The molecule has 142 valence electrons.